The van der Waals surface area contributed by atoms with Gasteiger partial charge in [0.1, 0.15) is 0 Å². The van der Waals surface area contributed by atoms with Crippen LogP contribution in [-0.2, 0) is 0 Å². The van der Waals surface area contributed by atoms with Crippen molar-refractivity contribution in [2.75, 3.05) is 0 Å². The number of hydrogen-bond acceptors (Lipinski definition) is 0. The zero-order valence-corrected chi connectivity index (χ0v) is 12.6. The predicted molar refractivity (Wildman–Crippen MR) is 27.4 cm³/mol. The summed E-state index contributed by atoms with van der Waals surface area (Å²) in [7, 11) is 0. The molecular formula is H12Cl3KMgO6. The second-order valence-electron chi connectivity index (χ2n) is 0. The molecule has 6 nitrogen and oxygen atoms in total. The van der Waals surface area contributed by atoms with E-state index < -0.39 is 0 Å². The normalized spacial score (nSPS) is 0. The van der Waals surface area contributed by atoms with Crippen molar-refractivity contribution in [1.82, 2.24) is 0 Å². The molecule has 0 saturated heterocycles. The molecule has 0 fully saturated rings. The Kier molecular flexibility index (Phi) is 4830. The van der Waals surface area contributed by atoms with Crippen molar-refractivity contribution in [3.05, 3.63) is 0 Å². The maximum absolute atomic E-state index is 0. The summed E-state index contributed by atoms with van der Waals surface area (Å²) < 4.78 is 0. The van der Waals surface area contributed by atoms with Crippen LogP contribution in [0.15, 0.2) is 0 Å². The molecular weight excluding hydrogens is 266 g/mol. The molecule has 0 atom stereocenters. The average Bonchev–Trinajstić information content (AvgIpc) is 0. The largest absolute Gasteiger partial charge is 2.00 e. The van der Waals surface area contributed by atoms with Crippen molar-refractivity contribution in [2.45, 2.75) is 0 Å². The molecule has 0 heterocycles. The van der Waals surface area contributed by atoms with Crippen molar-refractivity contribution < 1.29 is 121 Å². The van der Waals surface area contributed by atoms with Crippen molar-refractivity contribution in [1.29, 1.82) is 0 Å². The summed E-state index contributed by atoms with van der Waals surface area (Å²) in [5, 5.41) is 0. The summed E-state index contributed by atoms with van der Waals surface area (Å²) in [5.41, 5.74) is 0. The van der Waals surface area contributed by atoms with Crippen LogP contribution in [0, 0.1) is 0 Å². The molecule has 0 radical (unpaired) electrons. The van der Waals surface area contributed by atoms with Crippen LogP contribution in [0.4, 0.5) is 0 Å². The summed E-state index contributed by atoms with van der Waals surface area (Å²) >= 11 is 0. The first-order chi connectivity index (χ1) is 0. The molecule has 0 bridgehead atoms. The minimum Gasteiger partial charge on any atom is -1.00 e. The molecule has 11 heteroatoms. The van der Waals surface area contributed by atoms with Crippen LogP contribution in [0.25, 0.3) is 0 Å². The van der Waals surface area contributed by atoms with Gasteiger partial charge in [-0.3, -0.25) is 0 Å². The van der Waals surface area contributed by atoms with Gasteiger partial charge >= 0.3 is 74.4 Å². The van der Waals surface area contributed by atoms with Gasteiger partial charge in [-0.2, -0.15) is 0 Å². The van der Waals surface area contributed by atoms with E-state index in [0.717, 1.165) is 0 Å². The Balaban J connectivity index is 0. The third kappa shape index (κ3) is 172. The van der Waals surface area contributed by atoms with Gasteiger partial charge in [0, 0.05) is 0 Å². The third-order valence-corrected chi connectivity index (χ3v) is 0. The first-order valence-electron chi connectivity index (χ1n) is 0. The Labute approximate surface area is 142 Å². The zero-order chi connectivity index (χ0) is 0. The van der Waals surface area contributed by atoms with Crippen LogP contribution in [0.5, 0.6) is 0 Å². The van der Waals surface area contributed by atoms with E-state index in [1.807, 2.05) is 0 Å². The van der Waals surface area contributed by atoms with Gasteiger partial charge in [-0.15, -0.1) is 0 Å². The predicted octanol–water partition coefficient (Wildman–Crippen LogP) is -17.3. The monoisotopic (exact) mass is 276 g/mol. The summed E-state index contributed by atoms with van der Waals surface area (Å²) in [6, 6.07) is 0. The summed E-state index contributed by atoms with van der Waals surface area (Å²) in [4.78, 5) is 0. The Bertz CT molecular complexity index is 17.8. The van der Waals surface area contributed by atoms with Crippen LogP contribution in [0.2, 0.25) is 0 Å². The fourth-order valence-corrected chi connectivity index (χ4v) is 0. The van der Waals surface area contributed by atoms with Crippen LogP contribution in [-0.4, -0.2) is 55.9 Å². The number of rotatable bonds is 0. The molecule has 0 spiro atoms. The van der Waals surface area contributed by atoms with Gasteiger partial charge in [0.15, 0.2) is 0 Å². The maximum atomic E-state index is 0. The van der Waals surface area contributed by atoms with Crippen molar-refractivity contribution >= 4 is 23.1 Å². The van der Waals surface area contributed by atoms with Gasteiger partial charge < -0.3 is 70.1 Å². The summed E-state index contributed by atoms with van der Waals surface area (Å²) in [6.45, 7) is 0. The molecule has 0 aromatic carbocycles. The number of halogens is 3. The van der Waals surface area contributed by atoms with Crippen LogP contribution in [0.1, 0.15) is 0 Å². The van der Waals surface area contributed by atoms with Crippen molar-refractivity contribution in [3.63, 3.8) is 0 Å². The topological polar surface area (TPSA) is 189 Å². The van der Waals surface area contributed by atoms with Gasteiger partial charge in [-0.05, 0) is 0 Å². The molecule has 72 valence electrons. The number of hydrogen-bond donors (Lipinski definition) is 0. The minimum atomic E-state index is 0. The van der Waals surface area contributed by atoms with E-state index in [9.17, 15) is 0 Å². The minimum absolute atomic E-state index is 0. The molecule has 11 heavy (non-hydrogen) atoms. The van der Waals surface area contributed by atoms with E-state index in [1.165, 1.54) is 0 Å². The van der Waals surface area contributed by atoms with E-state index in [-0.39, 0.29) is 145 Å². The standard InChI is InChI=1S/3ClH.K.Mg.6H2O/h3*1H;;;6*1H2/q;;;+1;+2;;;;;;/p-3. The van der Waals surface area contributed by atoms with Crippen LogP contribution in [0.3, 0.4) is 0 Å². The van der Waals surface area contributed by atoms with Gasteiger partial charge in [-0.25, -0.2) is 0 Å². The van der Waals surface area contributed by atoms with E-state index in [4.69, 9.17) is 0 Å². The molecule has 0 saturated carbocycles. The summed E-state index contributed by atoms with van der Waals surface area (Å²) in [6.07, 6.45) is 0. The molecule has 0 aromatic rings. The Hall–Kier alpha value is 3.03. The molecule has 0 aliphatic rings. The second-order valence-corrected chi connectivity index (χ2v) is 0. The molecule has 0 rings (SSSR count). The molecule has 0 aliphatic heterocycles. The summed E-state index contributed by atoms with van der Waals surface area (Å²) in [5.74, 6) is 0. The zero-order valence-electron chi connectivity index (χ0n) is 5.84. The second kappa shape index (κ2) is 205. The smallest absolute Gasteiger partial charge is 1.00 e. The molecule has 0 amide bonds. The molecule has 0 aliphatic carbocycles. The van der Waals surface area contributed by atoms with E-state index in [2.05, 4.69) is 0 Å². The quantitative estimate of drug-likeness (QED) is 0.380. The van der Waals surface area contributed by atoms with E-state index >= 15 is 0 Å². The maximum Gasteiger partial charge on any atom is 2.00 e. The van der Waals surface area contributed by atoms with Gasteiger partial charge in [0.2, 0.25) is 0 Å². The fraction of sp³-hybridized carbons (Fsp3) is 0. The van der Waals surface area contributed by atoms with Crippen molar-refractivity contribution in [2.24, 2.45) is 0 Å². The average molecular weight is 278 g/mol. The van der Waals surface area contributed by atoms with Gasteiger partial charge in [0.25, 0.3) is 0 Å². The molecule has 0 unspecified atom stereocenters. The Morgan fingerprint density at radius 2 is 0.364 bits per heavy atom. The molecule has 0 aromatic heterocycles. The Morgan fingerprint density at radius 3 is 0.364 bits per heavy atom. The third-order valence-electron chi connectivity index (χ3n) is 0. The van der Waals surface area contributed by atoms with Gasteiger partial charge in [0.05, 0.1) is 0 Å². The fourth-order valence-electron chi connectivity index (χ4n) is 0. The van der Waals surface area contributed by atoms with Crippen molar-refractivity contribution in [3.8, 4) is 0 Å². The van der Waals surface area contributed by atoms with Crippen LogP contribution >= 0.6 is 0 Å². The first-order valence-corrected chi connectivity index (χ1v) is 0. The van der Waals surface area contributed by atoms with E-state index in [0.29, 0.717) is 0 Å². The van der Waals surface area contributed by atoms with Gasteiger partial charge in [-0.1, -0.05) is 0 Å². The van der Waals surface area contributed by atoms with E-state index in [1.54, 1.807) is 0 Å². The first kappa shape index (κ1) is 259. The Morgan fingerprint density at radius 1 is 0.364 bits per heavy atom. The SMILES string of the molecule is O.O.O.O.O.O.[Cl-].[Cl-].[Cl-].[K+].[Mg+2]. The molecule has 12 N–H and O–H groups in total. The van der Waals surface area contributed by atoms with Crippen LogP contribution < -0.4 is 88.6 Å².